The zero-order valence-electron chi connectivity index (χ0n) is 29.6. The Morgan fingerprint density at radius 2 is 1.78 bits per heavy atom. The molecule has 2 heterocycles. The molecule has 14 heteroatoms. The van der Waals surface area contributed by atoms with Gasteiger partial charge in [-0.05, 0) is 71.1 Å². The third-order valence-corrected chi connectivity index (χ3v) is 9.63. The molecule has 270 valence electrons. The number of imide groups is 1. The van der Waals surface area contributed by atoms with Gasteiger partial charge in [0, 0.05) is 46.1 Å². The Labute approximate surface area is 302 Å². The Bertz CT molecular complexity index is 1650. The van der Waals surface area contributed by atoms with Crippen LogP contribution in [0.5, 0.6) is 0 Å². The largest absolute Gasteiger partial charge is 0.469 e. The topological polar surface area (TPSA) is 168 Å². The highest BCUT2D eigenvalue weighted by molar-refractivity contribution is 7.14. The number of nitrogens with one attached hydrogen (secondary N) is 3. The van der Waals surface area contributed by atoms with E-state index in [1.165, 1.54) is 18.4 Å². The van der Waals surface area contributed by atoms with Gasteiger partial charge in [-0.1, -0.05) is 43.5 Å². The van der Waals surface area contributed by atoms with E-state index in [1.807, 2.05) is 32.9 Å². The molecule has 0 radical (unpaired) electrons. The fraction of sp³-hybridized carbons (Fsp3) is 0.500. The van der Waals surface area contributed by atoms with Crippen molar-refractivity contribution in [3.05, 3.63) is 55.7 Å². The molecular formula is C36H47ClN6O6S. The van der Waals surface area contributed by atoms with Gasteiger partial charge in [0.25, 0.3) is 5.91 Å². The summed E-state index contributed by atoms with van der Waals surface area (Å²) in [6.07, 6.45) is 4.41. The molecule has 4 amide bonds. The summed E-state index contributed by atoms with van der Waals surface area (Å²) in [7, 11) is 1.33. The first-order valence-corrected chi connectivity index (χ1v) is 18.0. The summed E-state index contributed by atoms with van der Waals surface area (Å²) in [5.41, 5.74) is 4.33. The number of hydrogen-bond donors (Lipinski definition) is 3. The molecule has 1 aliphatic heterocycles. The van der Waals surface area contributed by atoms with Gasteiger partial charge in [-0.15, -0.1) is 11.3 Å². The Balaban J connectivity index is 1.75. The zero-order chi connectivity index (χ0) is 36.8. The highest BCUT2D eigenvalue weighted by atomic mass is 35.5. The van der Waals surface area contributed by atoms with Crippen LogP contribution in [0.4, 0.5) is 0 Å². The number of ether oxygens (including phenoxy) is 1. The van der Waals surface area contributed by atoms with Crippen LogP contribution in [0.25, 0.3) is 0 Å². The summed E-state index contributed by atoms with van der Waals surface area (Å²) >= 11 is 7.59. The standard InChI is InChI=1S/C36H47ClN6O6S/c1-7-11-21(2)42-43-23(4)28(20-31(46)49-6)40-33(25-13-15-26(37)16-14-25)32-22(3)34(50-24(32)5)36(48)38-19-10-8-9-12-29(44)39-27-17-18-30(45)41-35(27)47/h13-16,27-28H,7-12,17-20H2,1-6H3,(H,38,48)(H,39,44)(H,41,45,47)/b40-33-,42-21-,43-23+. The van der Waals surface area contributed by atoms with Gasteiger partial charge in [0.05, 0.1) is 29.8 Å². The highest BCUT2D eigenvalue weighted by Crippen LogP contribution is 2.31. The number of nitrogens with zero attached hydrogens (tertiary/aromatic N) is 3. The summed E-state index contributed by atoms with van der Waals surface area (Å²) in [6, 6.07) is 5.89. The number of piperidine rings is 1. The lowest BCUT2D eigenvalue weighted by Crippen LogP contribution is -2.52. The summed E-state index contributed by atoms with van der Waals surface area (Å²) < 4.78 is 4.99. The van der Waals surface area contributed by atoms with E-state index < -0.39 is 24.0 Å². The van der Waals surface area contributed by atoms with E-state index in [4.69, 9.17) is 21.3 Å². The van der Waals surface area contributed by atoms with Crippen LogP contribution in [0.15, 0.2) is 39.5 Å². The van der Waals surface area contributed by atoms with E-state index in [1.54, 1.807) is 19.1 Å². The van der Waals surface area contributed by atoms with Crippen molar-refractivity contribution in [2.24, 2.45) is 15.2 Å². The van der Waals surface area contributed by atoms with Crippen LogP contribution in [0, 0.1) is 13.8 Å². The van der Waals surface area contributed by atoms with Gasteiger partial charge in [-0.3, -0.25) is 34.3 Å². The molecule has 1 aliphatic rings. The van der Waals surface area contributed by atoms with Crippen LogP contribution in [0.1, 0.15) is 110 Å². The van der Waals surface area contributed by atoms with Crippen molar-refractivity contribution in [2.75, 3.05) is 13.7 Å². The molecule has 0 aliphatic carbocycles. The number of aliphatic imine (C=N–C) groups is 1. The number of halogens is 1. The summed E-state index contributed by atoms with van der Waals surface area (Å²) in [4.78, 5) is 67.8. The van der Waals surface area contributed by atoms with Gasteiger partial charge in [0.1, 0.15) is 12.1 Å². The van der Waals surface area contributed by atoms with E-state index in [-0.39, 0.29) is 37.0 Å². The molecule has 12 nitrogen and oxygen atoms in total. The molecule has 0 spiro atoms. The Hall–Kier alpha value is -4.23. The van der Waals surface area contributed by atoms with E-state index in [2.05, 4.69) is 33.1 Å². The minimum absolute atomic E-state index is 0.0422. The van der Waals surface area contributed by atoms with Gasteiger partial charge in [-0.2, -0.15) is 10.2 Å². The van der Waals surface area contributed by atoms with Crippen LogP contribution in [-0.4, -0.2) is 72.5 Å². The van der Waals surface area contributed by atoms with Gasteiger partial charge in [0.15, 0.2) is 0 Å². The number of amides is 4. The summed E-state index contributed by atoms with van der Waals surface area (Å²) in [5.74, 6) is -1.69. The summed E-state index contributed by atoms with van der Waals surface area (Å²) in [6.45, 7) is 10.0. The van der Waals surface area contributed by atoms with Crippen LogP contribution in [-0.2, 0) is 23.9 Å². The first-order valence-electron chi connectivity index (χ1n) is 16.8. The number of esters is 1. The molecule has 2 unspecified atom stereocenters. The number of aryl methyl sites for hydroxylation is 1. The van der Waals surface area contributed by atoms with Gasteiger partial charge < -0.3 is 15.4 Å². The fourth-order valence-corrected chi connectivity index (χ4v) is 6.61. The van der Waals surface area contributed by atoms with Crippen molar-refractivity contribution in [2.45, 2.75) is 104 Å². The summed E-state index contributed by atoms with van der Waals surface area (Å²) in [5, 5.41) is 17.2. The number of methoxy groups -OCH3 is 1. The van der Waals surface area contributed by atoms with Crippen molar-refractivity contribution in [3.8, 4) is 0 Å². The average Bonchev–Trinajstić information content (AvgIpc) is 3.38. The van der Waals surface area contributed by atoms with Crippen molar-refractivity contribution in [1.29, 1.82) is 0 Å². The lowest BCUT2D eigenvalue weighted by atomic mass is 9.97. The Morgan fingerprint density at radius 3 is 2.44 bits per heavy atom. The Kier molecular flexibility index (Phi) is 15.9. The molecule has 1 aromatic heterocycles. The van der Waals surface area contributed by atoms with E-state index in [0.29, 0.717) is 53.6 Å². The number of hydrogen-bond acceptors (Lipinski definition) is 10. The molecule has 0 saturated carbocycles. The van der Waals surface area contributed by atoms with Crippen molar-refractivity contribution in [1.82, 2.24) is 16.0 Å². The number of thiophene rings is 1. The van der Waals surface area contributed by atoms with Crippen LogP contribution in [0.2, 0.25) is 5.02 Å². The molecule has 1 fully saturated rings. The number of rotatable bonds is 17. The molecule has 2 aromatic rings. The predicted octanol–water partition coefficient (Wildman–Crippen LogP) is 5.64. The molecule has 2 atom stereocenters. The number of carbonyl (C=O) groups excluding carboxylic acids is 5. The molecular weight excluding hydrogens is 680 g/mol. The zero-order valence-corrected chi connectivity index (χ0v) is 31.2. The third kappa shape index (κ3) is 12.0. The number of unbranched alkanes of at least 4 members (excludes halogenated alkanes) is 2. The maximum absolute atomic E-state index is 13.4. The second kappa shape index (κ2) is 19.8. The Morgan fingerprint density at radius 1 is 1.06 bits per heavy atom. The quantitative estimate of drug-likeness (QED) is 0.0627. The van der Waals surface area contributed by atoms with Crippen LogP contribution < -0.4 is 16.0 Å². The van der Waals surface area contributed by atoms with Gasteiger partial charge >= 0.3 is 5.97 Å². The van der Waals surface area contributed by atoms with Crippen LogP contribution >= 0.6 is 22.9 Å². The number of carbonyl (C=O) groups is 5. The van der Waals surface area contributed by atoms with E-state index in [9.17, 15) is 24.0 Å². The molecule has 1 aromatic carbocycles. The lowest BCUT2D eigenvalue weighted by molar-refractivity contribution is -0.140. The minimum atomic E-state index is -0.683. The van der Waals surface area contributed by atoms with Crippen molar-refractivity contribution >= 4 is 69.7 Å². The molecule has 3 N–H and O–H groups in total. The first kappa shape index (κ1) is 40.2. The fourth-order valence-electron chi connectivity index (χ4n) is 5.40. The maximum Gasteiger partial charge on any atom is 0.308 e. The monoisotopic (exact) mass is 726 g/mol. The van der Waals surface area contributed by atoms with E-state index in [0.717, 1.165) is 40.1 Å². The average molecular weight is 727 g/mol. The molecule has 1 saturated heterocycles. The maximum atomic E-state index is 13.4. The van der Waals surface area contributed by atoms with E-state index >= 15 is 0 Å². The second-order valence-corrected chi connectivity index (χ2v) is 13.9. The first-order chi connectivity index (χ1) is 23.8. The molecule has 0 bridgehead atoms. The molecule has 3 rings (SSSR count). The normalized spacial score (nSPS) is 16.1. The minimum Gasteiger partial charge on any atom is -0.469 e. The van der Waals surface area contributed by atoms with Gasteiger partial charge in [-0.25, -0.2) is 0 Å². The SMILES string of the molecule is CCC/C(C)=N\N=C(/C)C(CC(=O)OC)/N=C(/c1ccc(Cl)cc1)c1c(C)sc(C(=O)NCCCCCC(=O)NC2CCC(=O)NC2=O)c1C. The number of benzene rings is 1. The van der Waals surface area contributed by atoms with Crippen molar-refractivity contribution in [3.63, 3.8) is 0 Å². The predicted molar refractivity (Wildman–Crippen MR) is 198 cm³/mol. The van der Waals surface area contributed by atoms with Crippen molar-refractivity contribution < 1.29 is 28.7 Å². The van der Waals surface area contributed by atoms with Crippen LogP contribution in [0.3, 0.4) is 0 Å². The second-order valence-electron chi connectivity index (χ2n) is 12.2. The lowest BCUT2D eigenvalue weighted by Gasteiger charge is -2.21. The highest BCUT2D eigenvalue weighted by Gasteiger charge is 2.28. The molecule has 50 heavy (non-hydrogen) atoms. The smallest absolute Gasteiger partial charge is 0.308 e. The third-order valence-electron chi connectivity index (χ3n) is 8.17. The van der Waals surface area contributed by atoms with Gasteiger partial charge in [0.2, 0.25) is 17.7 Å².